The molecule has 1 aromatic carbocycles. The number of hydrogen-bond donors (Lipinski definition) is 2. The van der Waals surface area contributed by atoms with Crippen LogP contribution in [0.2, 0.25) is 0 Å². The predicted molar refractivity (Wildman–Crippen MR) is 74.7 cm³/mol. The Hall–Kier alpha value is -2.69. The molecule has 2 aromatic rings. The Bertz CT molecular complexity index is 639. The first-order valence-corrected chi connectivity index (χ1v) is 6.10. The molecule has 0 saturated carbocycles. The molecule has 0 aliphatic rings. The third-order valence-electron chi connectivity index (χ3n) is 2.91. The fraction of sp³-hybridized carbons (Fsp3) is 0.133. The van der Waals surface area contributed by atoms with Crippen molar-refractivity contribution in [3.8, 4) is 0 Å². The van der Waals surface area contributed by atoms with E-state index in [-0.39, 0.29) is 17.9 Å². The van der Waals surface area contributed by atoms with Crippen LogP contribution in [0.5, 0.6) is 0 Å². The maximum absolute atomic E-state index is 11.9. The van der Waals surface area contributed by atoms with Crippen LogP contribution in [-0.2, 0) is 11.2 Å². The van der Waals surface area contributed by atoms with Gasteiger partial charge >= 0.3 is 5.97 Å². The lowest BCUT2D eigenvalue weighted by Gasteiger charge is -2.10. The molecule has 20 heavy (non-hydrogen) atoms. The average molecular weight is 270 g/mol. The number of nitrogens with zero attached hydrogens (tertiary/aromatic N) is 1. The highest BCUT2D eigenvalue weighted by Crippen LogP contribution is 2.19. The zero-order chi connectivity index (χ0) is 14.5. The Morgan fingerprint density at radius 2 is 2.00 bits per heavy atom. The molecule has 0 saturated heterocycles. The van der Waals surface area contributed by atoms with Gasteiger partial charge in [-0.25, -0.2) is 4.79 Å². The lowest BCUT2D eigenvalue weighted by atomic mass is 10.1. The van der Waals surface area contributed by atoms with Crippen molar-refractivity contribution in [3.05, 3.63) is 59.4 Å². The second kappa shape index (κ2) is 5.97. The fourth-order valence-corrected chi connectivity index (χ4v) is 1.86. The minimum Gasteiger partial charge on any atom is -0.478 e. The van der Waals surface area contributed by atoms with Gasteiger partial charge in [0.25, 0.3) is 0 Å². The lowest BCUT2D eigenvalue weighted by molar-refractivity contribution is -0.115. The van der Waals surface area contributed by atoms with Crippen molar-refractivity contribution in [2.24, 2.45) is 0 Å². The molecule has 0 atom stereocenters. The summed E-state index contributed by atoms with van der Waals surface area (Å²) in [7, 11) is 0. The molecule has 102 valence electrons. The molecule has 0 unspecified atom stereocenters. The number of anilines is 1. The molecule has 0 radical (unpaired) electrons. The summed E-state index contributed by atoms with van der Waals surface area (Å²) < 4.78 is 0. The molecule has 0 spiro atoms. The van der Waals surface area contributed by atoms with Crippen LogP contribution < -0.4 is 5.32 Å². The summed E-state index contributed by atoms with van der Waals surface area (Å²) in [5, 5.41) is 11.7. The van der Waals surface area contributed by atoms with Gasteiger partial charge in [0.05, 0.1) is 12.0 Å². The first-order chi connectivity index (χ1) is 9.58. The zero-order valence-electron chi connectivity index (χ0n) is 11.0. The Kier molecular flexibility index (Phi) is 4.10. The van der Waals surface area contributed by atoms with E-state index in [0.717, 1.165) is 0 Å². The highest BCUT2D eigenvalue weighted by molar-refractivity contribution is 5.96. The summed E-state index contributed by atoms with van der Waals surface area (Å²) in [6.45, 7) is 1.67. The number of benzene rings is 1. The van der Waals surface area contributed by atoms with Crippen LogP contribution in [0.25, 0.3) is 0 Å². The molecule has 0 bridgehead atoms. The van der Waals surface area contributed by atoms with Crippen molar-refractivity contribution in [2.45, 2.75) is 13.3 Å². The number of carbonyl (C=O) groups excluding carboxylic acids is 1. The number of pyridine rings is 1. The molecule has 5 heteroatoms. The number of carbonyl (C=O) groups is 2. The molecular weight excluding hydrogens is 256 g/mol. The summed E-state index contributed by atoms with van der Waals surface area (Å²) >= 11 is 0. The summed E-state index contributed by atoms with van der Waals surface area (Å²) in [6.07, 6.45) is 1.77. The molecule has 2 rings (SSSR count). The second-order valence-corrected chi connectivity index (χ2v) is 4.33. The van der Waals surface area contributed by atoms with Gasteiger partial charge in [-0.2, -0.15) is 0 Å². The van der Waals surface area contributed by atoms with Crippen molar-refractivity contribution in [1.29, 1.82) is 0 Å². The maximum atomic E-state index is 11.9. The van der Waals surface area contributed by atoms with Gasteiger partial charge in [-0.05, 0) is 36.8 Å². The predicted octanol–water partition coefficient (Wildman–Crippen LogP) is 2.27. The van der Waals surface area contributed by atoms with Crippen LogP contribution in [-0.4, -0.2) is 22.0 Å². The molecule has 0 aliphatic heterocycles. The van der Waals surface area contributed by atoms with E-state index in [0.29, 0.717) is 16.9 Å². The van der Waals surface area contributed by atoms with Crippen molar-refractivity contribution < 1.29 is 14.7 Å². The highest BCUT2D eigenvalue weighted by atomic mass is 16.4. The fourth-order valence-electron chi connectivity index (χ4n) is 1.86. The standard InChI is InChI=1S/C15H14N2O3/c1-10-12(15(19)20)6-4-7-13(10)17-14(18)9-11-5-2-3-8-16-11/h2-8H,9H2,1H3,(H,17,18)(H,19,20). The monoisotopic (exact) mass is 270 g/mol. The molecule has 0 aliphatic carbocycles. The van der Waals surface area contributed by atoms with E-state index in [4.69, 9.17) is 5.11 Å². The average Bonchev–Trinajstić information content (AvgIpc) is 2.42. The van der Waals surface area contributed by atoms with E-state index in [1.807, 2.05) is 6.07 Å². The molecular formula is C15H14N2O3. The van der Waals surface area contributed by atoms with E-state index in [1.165, 1.54) is 6.07 Å². The number of carboxylic acids is 1. The van der Waals surface area contributed by atoms with Gasteiger partial charge in [0.15, 0.2) is 0 Å². The summed E-state index contributed by atoms with van der Waals surface area (Å²) in [5.41, 5.74) is 1.89. The third-order valence-corrected chi connectivity index (χ3v) is 2.91. The van der Waals surface area contributed by atoms with Crippen molar-refractivity contribution in [1.82, 2.24) is 4.98 Å². The van der Waals surface area contributed by atoms with Gasteiger partial charge in [0.2, 0.25) is 5.91 Å². The van der Waals surface area contributed by atoms with Crippen LogP contribution in [0.1, 0.15) is 21.6 Å². The third kappa shape index (κ3) is 3.20. The smallest absolute Gasteiger partial charge is 0.336 e. The summed E-state index contributed by atoms with van der Waals surface area (Å²) in [5.74, 6) is -1.24. The summed E-state index contributed by atoms with van der Waals surface area (Å²) in [4.78, 5) is 27.0. The number of nitrogens with one attached hydrogen (secondary N) is 1. The SMILES string of the molecule is Cc1c(NC(=O)Cc2ccccn2)cccc1C(=O)O. The van der Waals surface area contributed by atoms with Crippen LogP contribution in [0.4, 0.5) is 5.69 Å². The van der Waals surface area contributed by atoms with Crippen LogP contribution in [0.3, 0.4) is 0 Å². The van der Waals surface area contributed by atoms with Crippen LogP contribution in [0.15, 0.2) is 42.6 Å². The van der Waals surface area contributed by atoms with Crippen molar-refractivity contribution in [2.75, 3.05) is 5.32 Å². The van der Waals surface area contributed by atoms with E-state index < -0.39 is 5.97 Å². The number of aromatic nitrogens is 1. The van der Waals surface area contributed by atoms with Gasteiger partial charge in [-0.15, -0.1) is 0 Å². The van der Waals surface area contributed by atoms with Gasteiger partial charge in [-0.1, -0.05) is 12.1 Å². The van der Waals surface area contributed by atoms with E-state index in [9.17, 15) is 9.59 Å². The van der Waals surface area contributed by atoms with E-state index in [2.05, 4.69) is 10.3 Å². The van der Waals surface area contributed by atoms with Gasteiger partial charge < -0.3 is 10.4 Å². The zero-order valence-corrected chi connectivity index (χ0v) is 11.0. The molecule has 2 N–H and O–H groups in total. The molecule has 0 fully saturated rings. The Balaban J connectivity index is 2.12. The molecule has 1 heterocycles. The Morgan fingerprint density at radius 3 is 2.65 bits per heavy atom. The number of hydrogen-bond acceptors (Lipinski definition) is 3. The lowest BCUT2D eigenvalue weighted by Crippen LogP contribution is -2.16. The van der Waals surface area contributed by atoms with Crippen molar-refractivity contribution >= 4 is 17.6 Å². The number of amides is 1. The largest absolute Gasteiger partial charge is 0.478 e. The number of rotatable bonds is 4. The number of carboxylic acid groups (broad SMARTS) is 1. The van der Waals surface area contributed by atoms with E-state index >= 15 is 0 Å². The second-order valence-electron chi connectivity index (χ2n) is 4.33. The van der Waals surface area contributed by atoms with Crippen molar-refractivity contribution in [3.63, 3.8) is 0 Å². The normalized spacial score (nSPS) is 10.1. The Labute approximate surface area is 116 Å². The molecule has 5 nitrogen and oxygen atoms in total. The quantitative estimate of drug-likeness (QED) is 0.893. The topological polar surface area (TPSA) is 79.3 Å². The van der Waals surface area contributed by atoms with E-state index in [1.54, 1.807) is 37.4 Å². The minimum absolute atomic E-state index is 0.150. The molecule has 1 aromatic heterocycles. The summed E-state index contributed by atoms with van der Waals surface area (Å²) in [6, 6.07) is 10.1. The van der Waals surface area contributed by atoms with Crippen LogP contribution in [0, 0.1) is 6.92 Å². The van der Waals surface area contributed by atoms with Gasteiger partial charge in [-0.3, -0.25) is 9.78 Å². The number of aromatic carboxylic acids is 1. The maximum Gasteiger partial charge on any atom is 0.336 e. The van der Waals surface area contributed by atoms with Gasteiger partial charge in [0.1, 0.15) is 0 Å². The first-order valence-electron chi connectivity index (χ1n) is 6.10. The van der Waals surface area contributed by atoms with Gasteiger partial charge in [0, 0.05) is 17.6 Å². The first kappa shape index (κ1) is 13.7. The molecule has 1 amide bonds. The Morgan fingerprint density at radius 1 is 1.20 bits per heavy atom. The minimum atomic E-state index is -1.01. The highest BCUT2D eigenvalue weighted by Gasteiger charge is 2.12. The van der Waals surface area contributed by atoms with Crippen LogP contribution >= 0.6 is 0 Å².